The molecule has 0 atom stereocenters. The first kappa shape index (κ1) is 11.8. The Balaban J connectivity index is 0.000000202. The van der Waals surface area contributed by atoms with Gasteiger partial charge in [-0.2, -0.15) is 0 Å². The molecule has 1 saturated heterocycles. The molecular weight excluding hydrogens is 158 g/mol. The van der Waals surface area contributed by atoms with E-state index in [-0.39, 0.29) is 6.61 Å². The summed E-state index contributed by atoms with van der Waals surface area (Å²) in [6.45, 7) is 7.03. The number of nitrogens with one attached hydrogen (secondary N) is 1. The Bertz CT molecular complexity index is 61.2. The molecule has 1 rings (SSSR count). The van der Waals surface area contributed by atoms with E-state index in [1.54, 1.807) is 0 Å². The molecule has 0 unspecified atom stereocenters. The number of ether oxygens (including phenoxy) is 2. The Morgan fingerprint density at radius 1 is 1.42 bits per heavy atom. The zero-order valence-corrected chi connectivity index (χ0v) is 7.71. The Hall–Kier alpha value is -0.160. The summed E-state index contributed by atoms with van der Waals surface area (Å²) in [5.41, 5.74) is 0. The third-order valence-corrected chi connectivity index (χ3v) is 1.29. The lowest BCUT2D eigenvalue weighted by Crippen LogP contribution is -2.30. The normalized spacial score (nSPS) is 16.5. The van der Waals surface area contributed by atoms with E-state index in [9.17, 15) is 0 Å². The van der Waals surface area contributed by atoms with Gasteiger partial charge < -0.3 is 19.9 Å². The minimum atomic E-state index is 0.133. The van der Waals surface area contributed by atoms with Crippen molar-refractivity contribution in [2.75, 3.05) is 46.1 Å². The number of hydrogen-bond acceptors (Lipinski definition) is 4. The highest BCUT2D eigenvalue weighted by molar-refractivity contribution is 4.49. The Morgan fingerprint density at radius 3 is 2.25 bits per heavy atom. The molecule has 0 spiro atoms. The molecule has 1 heterocycles. The second-order valence-corrected chi connectivity index (χ2v) is 2.28. The van der Waals surface area contributed by atoms with Crippen molar-refractivity contribution < 1.29 is 14.6 Å². The van der Waals surface area contributed by atoms with Gasteiger partial charge in [-0.15, -0.1) is 0 Å². The van der Waals surface area contributed by atoms with Crippen molar-refractivity contribution >= 4 is 0 Å². The number of rotatable bonds is 3. The Labute approximate surface area is 73.9 Å². The largest absolute Gasteiger partial charge is 0.394 e. The highest BCUT2D eigenvalue weighted by atomic mass is 16.5. The van der Waals surface area contributed by atoms with Gasteiger partial charge >= 0.3 is 0 Å². The van der Waals surface area contributed by atoms with E-state index in [0.29, 0.717) is 13.2 Å². The number of hydrogen-bond donors (Lipinski definition) is 2. The monoisotopic (exact) mass is 177 g/mol. The molecule has 0 radical (unpaired) electrons. The molecular formula is C8H19NO3. The van der Waals surface area contributed by atoms with Gasteiger partial charge in [0.1, 0.15) is 0 Å². The summed E-state index contributed by atoms with van der Waals surface area (Å²) >= 11 is 0. The number of morpholine rings is 1. The summed E-state index contributed by atoms with van der Waals surface area (Å²) in [6, 6.07) is 0. The SMILES string of the molecule is C1COCCN1.CCOCCO. The molecule has 1 aliphatic rings. The maximum absolute atomic E-state index is 8.07. The summed E-state index contributed by atoms with van der Waals surface area (Å²) in [5, 5.41) is 11.2. The minimum absolute atomic E-state index is 0.133. The summed E-state index contributed by atoms with van der Waals surface area (Å²) < 4.78 is 9.74. The van der Waals surface area contributed by atoms with Crippen LogP contribution in [0.15, 0.2) is 0 Å². The molecule has 0 aromatic rings. The second kappa shape index (κ2) is 10.8. The lowest BCUT2D eigenvalue weighted by molar-refractivity contribution is 0.102. The van der Waals surface area contributed by atoms with Gasteiger partial charge in [-0.1, -0.05) is 0 Å². The first-order valence-corrected chi connectivity index (χ1v) is 4.39. The zero-order chi connectivity index (χ0) is 9.07. The molecule has 0 saturated carbocycles. The van der Waals surface area contributed by atoms with Crippen molar-refractivity contribution in [2.24, 2.45) is 0 Å². The van der Waals surface area contributed by atoms with Gasteiger partial charge in [-0.25, -0.2) is 0 Å². The van der Waals surface area contributed by atoms with Crippen molar-refractivity contribution in [1.82, 2.24) is 5.32 Å². The van der Waals surface area contributed by atoms with Crippen LogP contribution in [-0.2, 0) is 9.47 Å². The first-order valence-electron chi connectivity index (χ1n) is 4.39. The summed E-state index contributed by atoms with van der Waals surface area (Å²) in [5.74, 6) is 0. The highest BCUT2D eigenvalue weighted by Gasteiger charge is 1.92. The number of aliphatic hydroxyl groups excluding tert-OH is 1. The first-order chi connectivity index (χ1) is 5.91. The lowest BCUT2D eigenvalue weighted by atomic mass is 10.5. The fraction of sp³-hybridized carbons (Fsp3) is 1.00. The van der Waals surface area contributed by atoms with E-state index < -0.39 is 0 Å². The second-order valence-electron chi connectivity index (χ2n) is 2.28. The van der Waals surface area contributed by atoms with Crippen LogP contribution in [0.25, 0.3) is 0 Å². The standard InChI is InChI=1S/C4H9NO.C4H10O2/c1-3-6-4-2-5-1;1-2-6-4-3-5/h5H,1-4H2;5H,2-4H2,1H3. The molecule has 0 aromatic heterocycles. The van der Waals surface area contributed by atoms with Gasteiger partial charge in [-0.05, 0) is 6.92 Å². The van der Waals surface area contributed by atoms with Crippen molar-refractivity contribution in [3.63, 3.8) is 0 Å². The van der Waals surface area contributed by atoms with Crippen molar-refractivity contribution in [1.29, 1.82) is 0 Å². The third kappa shape index (κ3) is 9.84. The van der Waals surface area contributed by atoms with E-state index in [0.717, 1.165) is 26.3 Å². The zero-order valence-electron chi connectivity index (χ0n) is 7.71. The lowest BCUT2D eigenvalue weighted by Gasteiger charge is -2.10. The fourth-order valence-corrected chi connectivity index (χ4v) is 0.725. The fourth-order valence-electron chi connectivity index (χ4n) is 0.725. The van der Waals surface area contributed by atoms with Crippen molar-refractivity contribution in [3.8, 4) is 0 Å². The smallest absolute Gasteiger partial charge is 0.0697 e. The molecule has 4 nitrogen and oxygen atoms in total. The topological polar surface area (TPSA) is 50.7 Å². The minimum Gasteiger partial charge on any atom is -0.394 e. The van der Waals surface area contributed by atoms with E-state index in [4.69, 9.17) is 14.6 Å². The molecule has 2 N–H and O–H groups in total. The van der Waals surface area contributed by atoms with Crippen LogP contribution in [-0.4, -0.2) is 51.2 Å². The number of aliphatic hydroxyl groups is 1. The van der Waals surface area contributed by atoms with E-state index in [1.807, 2.05) is 6.92 Å². The van der Waals surface area contributed by atoms with Gasteiger partial charge in [0.05, 0.1) is 26.4 Å². The maximum Gasteiger partial charge on any atom is 0.0697 e. The molecule has 0 bridgehead atoms. The average molecular weight is 177 g/mol. The van der Waals surface area contributed by atoms with Gasteiger partial charge in [0, 0.05) is 19.7 Å². The van der Waals surface area contributed by atoms with Crippen LogP contribution in [0.3, 0.4) is 0 Å². The molecule has 12 heavy (non-hydrogen) atoms. The predicted molar refractivity (Wildman–Crippen MR) is 47.3 cm³/mol. The molecule has 4 heteroatoms. The van der Waals surface area contributed by atoms with Crippen molar-refractivity contribution in [3.05, 3.63) is 0 Å². The predicted octanol–water partition coefficient (Wildman–Crippen LogP) is -0.379. The van der Waals surface area contributed by atoms with Crippen LogP contribution >= 0.6 is 0 Å². The van der Waals surface area contributed by atoms with Gasteiger partial charge in [0.15, 0.2) is 0 Å². The van der Waals surface area contributed by atoms with E-state index in [1.165, 1.54) is 0 Å². The van der Waals surface area contributed by atoms with Crippen LogP contribution in [0.5, 0.6) is 0 Å². The average Bonchev–Trinajstić information content (AvgIpc) is 2.18. The summed E-state index contributed by atoms with van der Waals surface area (Å²) in [6.07, 6.45) is 0. The molecule has 0 aromatic carbocycles. The summed E-state index contributed by atoms with van der Waals surface area (Å²) in [7, 11) is 0. The van der Waals surface area contributed by atoms with Gasteiger partial charge in [0.2, 0.25) is 0 Å². The summed E-state index contributed by atoms with van der Waals surface area (Å²) in [4.78, 5) is 0. The quantitative estimate of drug-likeness (QED) is 0.577. The molecule has 74 valence electrons. The maximum atomic E-state index is 8.07. The third-order valence-electron chi connectivity index (χ3n) is 1.29. The van der Waals surface area contributed by atoms with E-state index >= 15 is 0 Å². The Morgan fingerprint density at radius 2 is 2.08 bits per heavy atom. The Kier molecular flexibility index (Phi) is 10.7. The van der Waals surface area contributed by atoms with Gasteiger partial charge in [0.25, 0.3) is 0 Å². The van der Waals surface area contributed by atoms with Crippen LogP contribution in [0, 0.1) is 0 Å². The molecule has 0 amide bonds. The van der Waals surface area contributed by atoms with Gasteiger partial charge in [-0.3, -0.25) is 0 Å². The van der Waals surface area contributed by atoms with Crippen LogP contribution in [0.1, 0.15) is 6.92 Å². The highest BCUT2D eigenvalue weighted by Crippen LogP contribution is 1.76. The van der Waals surface area contributed by atoms with Crippen LogP contribution in [0.2, 0.25) is 0 Å². The van der Waals surface area contributed by atoms with Crippen LogP contribution in [0.4, 0.5) is 0 Å². The molecule has 1 aliphatic heterocycles. The van der Waals surface area contributed by atoms with Crippen LogP contribution < -0.4 is 5.32 Å². The molecule has 1 fully saturated rings. The van der Waals surface area contributed by atoms with Crippen molar-refractivity contribution in [2.45, 2.75) is 6.92 Å². The molecule has 0 aliphatic carbocycles. The van der Waals surface area contributed by atoms with E-state index in [2.05, 4.69) is 5.32 Å².